The first-order valence-corrected chi connectivity index (χ1v) is 29.0. The quantitative estimate of drug-likeness (QED) is 0.0412. The number of carbonyl (C=O) groups is 8. The van der Waals surface area contributed by atoms with Crippen LogP contribution in [-0.4, -0.2) is 236 Å². The van der Waals surface area contributed by atoms with E-state index in [0.29, 0.717) is 78.7 Å². The van der Waals surface area contributed by atoms with Crippen LogP contribution in [0.1, 0.15) is 86.1 Å². The molecule has 2 aliphatic heterocycles. The molecule has 2 N–H and O–H groups in total. The molecule has 0 aliphatic carbocycles. The van der Waals surface area contributed by atoms with Gasteiger partial charge in [-0.15, -0.1) is 0 Å². The van der Waals surface area contributed by atoms with Crippen LogP contribution in [-0.2, 0) is 87.4 Å². The third-order valence-corrected chi connectivity index (χ3v) is 15.2. The number of likely N-dealkylation sites (N-methyl/N-ethyl adjacent to an activating group) is 2. The van der Waals surface area contributed by atoms with Crippen LogP contribution in [0, 0.1) is 17.8 Å². The van der Waals surface area contributed by atoms with Crippen LogP contribution in [0.3, 0.4) is 0 Å². The molecule has 83 heavy (non-hydrogen) atoms. The fourth-order valence-electron chi connectivity index (χ4n) is 10.1. The summed E-state index contributed by atoms with van der Waals surface area (Å²) < 4.78 is 50.5. The van der Waals surface area contributed by atoms with E-state index >= 15 is 0 Å². The summed E-state index contributed by atoms with van der Waals surface area (Å²) in [5.41, 5.74) is -0.584. The molecule has 2 heterocycles. The van der Waals surface area contributed by atoms with Crippen molar-refractivity contribution < 1.29 is 81.0 Å². The molecule has 1 aromatic carbocycles. The van der Waals surface area contributed by atoms with Gasteiger partial charge in [0.15, 0.2) is 0 Å². The van der Waals surface area contributed by atoms with Crippen LogP contribution in [0.2, 0.25) is 0 Å². The summed E-state index contributed by atoms with van der Waals surface area (Å²) in [6, 6.07) is 6.57. The maximum atomic E-state index is 14.5. The minimum absolute atomic E-state index is 0.00885. The average Bonchev–Trinajstić information content (AvgIpc) is 4.30. The molecule has 0 saturated carbocycles. The predicted octanol–water partition coefficient (Wildman–Crippen LogP) is 3.16. The summed E-state index contributed by atoms with van der Waals surface area (Å²) in [5, 5.41) is 5.48. The number of imide groups is 2. The van der Waals surface area contributed by atoms with E-state index in [-0.39, 0.29) is 94.3 Å². The Hall–Kier alpha value is -5.50. The van der Waals surface area contributed by atoms with E-state index in [0.717, 1.165) is 10.5 Å². The second-order valence-corrected chi connectivity index (χ2v) is 21.6. The van der Waals surface area contributed by atoms with Crippen LogP contribution in [0.5, 0.6) is 0 Å². The van der Waals surface area contributed by atoms with Crippen molar-refractivity contribution >= 4 is 47.3 Å². The summed E-state index contributed by atoms with van der Waals surface area (Å²) in [6.07, 6.45) is 4.65. The second kappa shape index (κ2) is 38.4. The molecular formula is C60H96N6O17. The molecule has 0 spiro atoms. The van der Waals surface area contributed by atoms with Gasteiger partial charge < -0.3 is 57.7 Å². The first-order chi connectivity index (χ1) is 39.7. The zero-order valence-electron chi connectivity index (χ0n) is 51.1. The molecule has 7 amide bonds. The van der Waals surface area contributed by atoms with Crippen LogP contribution in [0.4, 0.5) is 0 Å². The third-order valence-electron chi connectivity index (χ3n) is 15.2. The highest BCUT2D eigenvalue weighted by atomic mass is 16.6. The van der Waals surface area contributed by atoms with Gasteiger partial charge in [0.05, 0.1) is 129 Å². The van der Waals surface area contributed by atoms with Gasteiger partial charge in [-0.25, -0.2) is 4.79 Å². The van der Waals surface area contributed by atoms with Crippen molar-refractivity contribution in [2.45, 2.75) is 129 Å². The number of carbonyl (C=O) groups excluding carboxylic acids is 8. The van der Waals surface area contributed by atoms with Gasteiger partial charge in [-0.2, -0.15) is 0 Å². The Labute approximate surface area is 491 Å². The summed E-state index contributed by atoms with van der Waals surface area (Å²) in [5.74, 6) is -4.61. The van der Waals surface area contributed by atoms with Gasteiger partial charge in [0.2, 0.25) is 23.6 Å². The number of likely N-dealkylation sites (tertiary alicyclic amines) is 1. The summed E-state index contributed by atoms with van der Waals surface area (Å²) in [4.78, 5) is 112. The van der Waals surface area contributed by atoms with Gasteiger partial charge in [0.1, 0.15) is 18.2 Å². The van der Waals surface area contributed by atoms with Gasteiger partial charge in [0, 0.05) is 52.4 Å². The topological polar surface area (TPSA) is 257 Å². The maximum absolute atomic E-state index is 14.5. The number of esters is 1. The van der Waals surface area contributed by atoms with Crippen molar-refractivity contribution in [2.75, 3.05) is 127 Å². The minimum atomic E-state index is -1.42. The van der Waals surface area contributed by atoms with Crippen molar-refractivity contribution in [3.05, 3.63) is 60.7 Å². The molecule has 1 fully saturated rings. The Morgan fingerprint density at radius 1 is 0.771 bits per heavy atom. The zero-order valence-corrected chi connectivity index (χ0v) is 51.1. The number of rotatable bonds is 43. The largest absolute Gasteiger partial charge is 0.460 e. The number of hydrogen-bond acceptors (Lipinski definition) is 18. The zero-order chi connectivity index (χ0) is 61.5. The summed E-state index contributed by atoms with van der Waals surface area (Å²) in [6.45, 7) is 20.6. The molecule has 1 saturated heterocycles. The van der Waals surface area contributed by atoms with Gasteiger partial charge in [-0.3, -0.25) is 48.7 Å². The van der Waals surface area contributed by atoms with Crippen molar-refractivity contribution in [3.63, 3.8) is 0 Å². The third kappa shape index (κ3) is 23.5. The van der Waals surface area contributed by atoms with Crippen LogP contribution < -0.4 is 10.6 Å². The lowest BCUT2D eigenvalue weighted by atomic mass is 9.87. The molecule has 1 aromatic rings. The fourth-order valence-corrected chi connectivity index (χ4v) is 10.1. The van der Waals surface area contributed by atoms with Crippen LogP contribution in [0.25, 0.3) is 0 Å². The van der Waals surface area contributed by atoms with Gasteiger partial charge >= 0.3 is 5.97 Å². The van der Waals surface area contributed by atoms with E-state index in [2.05, 4.69) is 17.2 Å². The molecule has 0 unspecified atom stereocenters. The Bertz CT molecular complexity index is 2200. The highest BCUT2D eigenvalue weighted by molar-refractivity contribution is 6.12. The highest BCUT2D eigenvalue weighted by Crippen LogP contribution is 2.31. The van der Waals surface area contributed by atoms with E-state index < -0.39 is 71.5 Å². The van der Waals surface area contributed by atoms with Crippen molar-refractivity contribution in [2.24, 2.45) is 17.8 Å². The Balaban J connectivity index is 1.45. The van der Waals surface area contributed by atoms with Gasteiger partial charge in [-0.05, 0) is 51.1 Å². The van der Waals surface area contributed by atoms with E-state index in [1.165, 1.54) is 44.4 Å². The van der Waals surface area contributed by atoms with E-state index in [9.17, 15) is 38.4 Å². The van der Waals surface area contributed by atoms with E-state index in [1.807, 2.05) is 62.9 Å². The Morgan fingerprint density at radius 2 is 1.31 bits per heavy atom. The smallest absolute Gasteiger partial charge is 0.329 e. The number of nitrogens with zero attached hydrogens (tertiary/aromatic N) is 4. The number of ether oxygens (including phenoxy) is 9. The van der Waals surface area contributed by atoms with Crippen molar-refractivity contribution in [1.82, 2.24) is 30.2 Å². The number of hydrogen-bond donors (Lipinski definition) is 2. The standard InChI is InChI=1S/C60H96N6O17/c1-13-27-83-58(73)46(40-45-19-16-15-17-20-45)61-56(71)44(6)55(76-12)47-21-18-25-65(47)52(70)41-48(75-11)54(43(5)14-2)63(9)53(42(3)4)57(72)62-59(74)60(7,8)64(10)49(67)24-28-77-30-32-79-34-36-81-38-39-82-37-35-80-33-31-78-29-26-66-50(68)22-23-51(66)69/h13,15-17,19-20,22-23,42-44,46-48,53-55H,1,14,18,21,24-41H2,2-12H3,(H,61,71)(H,62,72,74)/t43-,44+,46-,47-,48+,53-,54-,55+/m0/s1. The maximum Gasteiger partial charge on any atom is 0.329 e. The average molecular weight is 1170 g/mol. The van der Waals surface area contributed by atoms with E-state index in [1.54, 1.807) is 32.7 Å². The minimum Gasteiger partial charge on any atom is -0.460 e. The number of methoxy groups -OCH3 is 2. The molecule has 23 nitrogen and oxygen atoms in total. The number of benzene rings is 1. The fraction of sp³-hybridized carbons (Fsp3) is 0.700. The molecule has 0 aromatic heterocycles. The lowest BCUT2D eigenvalue weighted by Gasteiger charge is -2.43. The first-order valence-electron chi connectivity index (χ1n) is 29.0. The molecule has 2 aliphatic rings. The normalized spacial score (nSPS) is 17.0. The molecule has 8 atom stereocenters. The molecule has 468 valence electrons. The molecular weight excluding hydrogens is 1080 g/mol. The van der Waals surface area contributed by atoms with Gasteiger partial charge in [0.25, 0.3) is 17.7 Å². The lowest BCUT2D eigenvalue weighted by Crippen LogP contribution is -2.62. The van der Waals surface area contributed by atoms with Crippen LogP contribution in [0.15, 0.2) is 55.1 Å². The van der Waals surface area contributed by atoms with Crippen molar-refractivity contribution in [1.29, 1.82) is 0 Å². The number of nitrogens with one attached hydrogen (secondary N) is 2. The van der Waals surface area contributed by atoms with Gasteiger partial charge in [-0.1, -0.05) is 84.0 Å². The Kier molecular flexibility index (Phi) is 33.2. The number of amides is 7. The Morgan fingerprint density at radius 3 is 1.82 bits per heavy atom. The lowest BCUT2D eigenvalue weighted by molar-refractivity contribution is -0.149. The molecule has 3 rings (SSSR count). The predicted molar refractivity (Wildman–Crippen MR) is 308 cm³/mol. The van der Waals surface area contributed by atoms with Crippen LogP contribution >= 0.6 is 0 Å². The summed E-state index contributed by atoms with van der Waals surface area (Å²) >= 11 is 0. The molecule has 0 radical (unpaired) electrons. The molecule has 23 heteroatoms. The molecule has 0 bridgehead atoms. The monoisotopic (exact) mass is 1170 g/mol. The second-order valence-electron chi connectivity index (χ2n) is 21.6. The first kappa shape index (κ1) is 71.8. The van der Waals surface area contributed by atoms with Crippen molar-refractivity contribution in [3.8, 4) is 0 Å². The SMILES string of the molecule is C=CCOC(=O)[C@H](Cc1ccccc1)NC(=O)[C@H](C)[C@@H](OC)[C@@H]1CCCN1C(=O)C[C@@H](OC)[C@H]([C@@H](C)CC)N(C)[C@H](C(=O)NC(=O)C(C)(C)N(C)C(=O)CCOCCOCCOCCOCCOCCOCCN1C(=O)C=CC1=O)C(C)C. The van der Waals surface area contributed by atoms with E-state index in [4.69, 9.17) is 42.6 Å². The highest BCUT2D eigenvalue weighted by Gasteiger charge is 2.45. The summed E-state index contributed by atoms with van der Waals surface area (Å²) in [7, 11) is 6.35.